The maximum Gasteiger partial charge on any atom is 0.317 e. The topological polar surface area (TPSA) is 63.1 Å². The van der Waals surface area contributed by atoms with Crippen LogP contribution in [0.15, 0.2) is 6.33 Å². The summed E-state index contributed by atoms with van der Waals surface area (Å²) in [6.07, 6.45) is 15.7. The van der Waals surface area contributed by atoms with Gasteiger partial charge in [0, 0.05) is 31.6 Å². The summed E-state index contributed by atoms with van der Waals surface area (Å²) in [5, 5.41) is 12.2. The van der Waals surface area contributed by atoms with Gasteiger partial charge in [0.1, 0.15) is 12.2 Å². The van der Waals surface area contributed by atoms with E-state index in [1.807, 2.05) is 6.33 Å². The molecule has 0 radical (unpaired) electrons. The Morgan fingerprint density at radius 3 is 2.63 bits per heavy atom. The Balaban J connectivity index is 1.36. The summed E-state index contributed by atoms with van der Waals surface area (Å²) in [4.78, 5) is 15.1. The van der Waals surface area contributed by atoms with Crippen molar-refractivity contribution in [2.75, 3.05) is 13.1 Å². The van der Waals surface area contributed by atoms with Crippen LogP contribution in [0.3, 0.4) is 0 Å². The number of amides is 2. The van der Waals surface area contributed by atoms with E-state index in [4.69, 9.17) is 0 Å². The van der Waals surface area contributed by atoms with Crippen molar-refractivity contribution < 1.29 is 4.79 Å². The van der Waals surface area contributed by atoms with Crippen LogP contribution < -0.4 is 5.32 Å². The van der Waals surface area contributed by atoms with E-state index in [-0.39, 0.29) is 11.4 Å². The average Bonchev–Trinajstić information content (AvgIpc) is 3.05. The van der Waals surface area contributed by atoms with Crippen LogP contribution in [0.25, 0.3) is 0 Å². The zero-order chi connectivity index (χ0) is 18.3. The number of carbonyl (C=O) groups is 1. The molecule has 27 heavy (non-hydrogen) atoms. The molecule has 0 aromatic carbocycles. The molecule has 1 aliphatic heterocycles. The Morgan fingerprint density at radius 1 is 1.11 bits per heavy atom. The van der Waals surface area contributed by atoms with Crippen molar-refractivity contribution in [2.24, 2.45) is 11.3 Å². The van der Waals surface area contributed by atoms with Gasteiger partial charge < -0.3 is 14.8 Å². The molecule has 3 saturated carbocycles. The number of nitrogens with one attached hydrogen (secondary N) is 1. The molecule has 1 spiro atoms. The summed E-state index contributed by atoms with van der Waals surface area (Å²) in [6, 6.07) is 0.542. The first kappa shape index (κ1) is 17.5. The number of urea groups is 1. The van der Waals surface area contributed by atoms with Gasteiger partial charge in [0.15, 0.2) is 0 Å². The lowest BCUT2D eigenvalue weighted by Gasteiger charge is -2.37. The summed E-state index contributed by atoms with van der Waals surface area (Å²) in [7, 11) is 0. The van der Waals surface area contributed by atoms with E-state index in [0.717, 1.165) is 44.2 Å². The minimum Gasteiger partial charge on any atom is -0.335 e. The Bertz CT molecular complexity index is 670. The standard InChI is InChI=1S/C21H33N5O/c27-20(23-17-6-2-3-7-17)25-13-18(21(14-25)10-4-1-5-11-21)19-24-22-15-26(19)12-16-8-9-16/h15-18H,1-14H2,(H,23,27). The summed E-state index contributed by atoms with van der Waals surface area (Å²) < 4.78 is 2.30. The van der Waals surface area contributed by atoms with Crippen molar-refractivity contribution in [1.29, 1.82) is 0 Å². The fourth-order valence-electron chi connectivity index (χ4n) is 5.83. The fourth-order valence-corrected chi connectivity index (χ4v) is 5.83. The third-order valence-electron chi connectivity index (χ3n) is 7.58. The average molecular weight is 372 g/mol. The first-order valence-electron chi connectivity index (χ1n) is 11.2. The van der Waals surface area contributed by atoms with E-state index in [9.17, 15) is 4.79 Å². The van der Waals surface area contributed by atoms with Gasteiger partial charge in [-0.15, -0.1) is 10.2 Å². The van der Waals surface area contributed by atoms with Gasteiger partial charge in [0.05, 0.1) is 0 Å². The van der Waals surface area contributed by atoms with E-state index in [1.54, 1.807) is 0 Å². The highest BCUT2D eigenvalue weighted by Crippen LogP contribution is 2.51. The maximum atomic E-state index is 13.0. The van der Waals surface area contributed by atoms with Crippen LogP contribution in [-0.2, 0) is 6.54 Å². The molecule has 1 aromatic rings. The lowest BCUT2D eigenvalue weighted by molar-refractivity contribution is 0.162. The van der Waals surface area contributed by atoms with Crippen LogP contribution in [0.4, 0.5) is 4.79 Å². The number of rotatable bonds is 4. The molecule has 1 saturated heterocycles. The summed E-state index contributed by atoms with van der Waals surface area (Å²) >= 11 is 0. The largest absolute Gasteiger partial charge is 0.335 e. The molecule has 4 aliphatic rings. The second-order valence-corrected chi connectivity index (χ2v) is 9.57. The fraction of sp³-hybridized carbons (Fsp3) is 0.857. The van der Waals surface area contributed by atoms with Gasteiger partial charge in [-0.3, -0.25) is 0 Å². The number of likely N-dealkylation sites (tertiary alicyclic amines) is 1. The Labute approximate surface area is 162 Å². The van der Waals surface area contributed by atoms with Crippen molar-refractivity contribution in [3.63, 3.8) is 0 Å². The third-order valence-corrected chi connectivity index (χ3v) is 7.58. The molecule has 0 bridgehead atoms. The highest BCUT2D eigenvalue weighted by Gasteiger charge is 2.51. The van der Waals surface area contributed by atoms with Gasteiger partial charge in [-0.1, -0.05) is 32.1 Å². The SMILES string of the molecule is O=C(NC1CCCC1)N1CC(c2nncn2CC2CC2)C2(CCCCC2)C1. The van der Waals surface area contributed by atoms with E-state index >= 15 is 0 Å². The number of hydrogen-bond acceptors (Lipinski definition) is 3. The molecule has 1 aromatic heterocycles. The zero-order valence-electron chi connectivity index (χ0n) is 16.4. The van der Waals surface area contributed by atoms with Gasteiger partial charge in [-0.2, -0.15) is 0 Å². The lowest BCUT2D eigenvalue weighted by Crippen LogP contribution is -2.44. The Hall–Kier alpha value is -1.59. The van der Waals surface area contributed by atoms with Crippen molar-refractivity contribution in [1.82, 2.24) is 25.0 Å². The molecule has 6 heteroatoms. The van der Waals surface area contributed by atoms with Gasteiger partial charge in [0.25, 0.3) is 0 Å². The van der Waals surface area contributed by atoms with E-state index in [2.05, 4.69) is 25.0 Å². The van der Waals surface area contributed by atoms with Crippen LogP contribution in [-0.4, -0.2) is 44.8 Å². The van der Waals surface area contributed by atoms with E-state index in [0.29, 0.717) is 12.0 Å². The molecule has 2 amide bonds. The molecule has 148 valence electrons. The molecule has 2 heterocycles. The van der Waals surface area contributed by atoms with Crippen LogP contribution >= 0.6 is 0 Å². The highest BCUT2D eigenvalue weighted by molar-refractivity contribution is 5.75. The van der Waals surface area contributed by atoms with Crippen LogP contribution in [0.1, 0.15) is 82.4 Å². The van der Waals surface area contributed by atoms with Crippen LogP contribution in [0, 0.1) is 11.3 Å². The van der Waals surface area contributed by atoms with E-state index < -0.39 is 0 Å². The molecule has 5 rings (SSSR count). The second kappa shape index (κ2) is 7.10. The summed E-state index contributed by atoms with van der Waals surface area (Å²) in [5.41, 5.74) is 0.208. The maximum absolute atomic E-state index is 13.0. The minimum absolute atomic E-state index is 0.155. The quantitative estimate of drug-likeness (QED) is 0.878. The predicted octanol–water partition coefficient (Wildman–Crippen LogP) is 3.69. The summed E-state index contributed by atoms with van der Waals surface area (Å²) in [6.45, 7) is 2.76. The second-order valence-electron chi connectivity index (χ2n) is 9.57. The first-order valence-corrected chi connectivity index (χ1v) is 11.2. The van der Waals surface area contributed by atoms with Crippen molar-refractivity contribution in [3.05, 3.63) is 12.2 Å². The number of carbonyl (C=O) groups excluding carboxylic acids is 1. The molecule has 1 unspecified atom stereocenters. The number of aromatic nitrogens is 3. The van der Waals surface area contributed by atoms with Crippen molar-refractivity contribution in [2.45, 2.75) is 89.1 Å². The zero-order valence-corrected chi connectivity index (χ0v) is 16.4. The highest BCUT2D eigenvalue weighted by atomic mass is 16.2. The third kappa shape index (κ3) is 3.47. The van der Waals surface area contributed by atoms with Crippen molar-refractivity contribution >= 4 is 6.03 Å². The normalized spacial score (nSPS) is 28.1. The van der Waals surface area contributed by atoms with E-state index in [1.165, 1.54) is 57.8 Å². The molecular weight excluding hydrogens is 338 g/mol. The van der Waals surface area contributed by atoms with Gasteiger partial charge in [0.2, 0.25) is 0 Å². The number of nitrogens with zero attached hydrogens (tertiary/aromatic N) is 4. The molecule has 1 atom stereocenters. The lowest BCUT2D eigenvalue weighted by atomic mass is 9.67. The summed E-state index contributed by atoms with van der Waals surface area (Å²) in [5.74, 6) is 2.29. The monoisotopic (exact) mass is 371 g/mol. The first-order chi connectivity index (χ1) is 13.2. The molecule has 3 aliphatic carbocycles. The molecule has 6 nitrogen and oxygen atoms in total. The van der Waals surface area contributed by atoms with Gasteiger partial charge in [-0.05, 0) is 49.9 Å². The van der Waals surface area contributed by atoms with Crippen LogP contribution in [0.2, 0.25) is 0 Å². The smallest absolute Gasteiger partial charge is 0.317 e. The molecular formula is C21H33N5O. The Morgan fingerprint density at radius 2 is 1.89 bits per heavy atom. The Kier molecular flexibility index (Phi) is 4.60. The molecule has 1 N–H and O–H groups in total. The van der Waals surface area contributed by atoms with Gasteiger partial charge in [-0.25, -0.2) is 4.79 Å². The predicted molar refractivity (Wildman–Crippen MR) is 103 cm³/mol. The number of hydrogen-bond donors (Lipinski definition) is 1. The minimum atomic E-state index is 0.155. The van der Waals surface area contributed by atoms with Crippen molar-refractivity contribution in [3.8, 4) is 0 Å². The van der Waals surface area contributed by atoms with Gasteiger partial charge >= 0.3 is 6.03 Å². The van der Waals surface area contributed by atoms with Crippen LogP contribution in [0.5, 0.6) is 0 Å². The molecule has 4 fully saturated rings.